The third-order valence-corrected chi connectivity index (χ3v) is 2.64. The number of pyridine rings is 1. The number of aromatic nitrogens is 1. The first-order chi connectivity index (χ1) is 8.99. The van der Waals surface area contributed by atoms with Crippen molar-refractivity contribution in [3.05, 3.63) is 41.6 Å². The molecule has 0 bridgehead atoms. The second-order valence-corrected chi connectivity index (χ2v) is 4.05. The summed E-state index contributed by atoms with van der Waals surface area (Å²) < 4.78 is 0. The molecule has 0 fully saturated rings. The molecule has 0 atom stereocenters. The molecule has 5 N–H and O–H groups in total. The Balaban J connectivity index is 2.28. The smallest absolute Gasteiger partial charge is 0.264 e. The van der Waals surface area contributed by atoms with Crippen LogP contribution in [0.3, 0.4) is 0 Å². The number of phenols is 2. The van der Waals surface area contributed by atoms with Gasteiger partial charge in [-0.2, -0.15) is 0 Å². The lowest BCUT2D eigenvalue weighted by molar-refractivity contribution is 0.102. The van der Waals surface area contributed by atoms with Crippen molar-refractivity contribution in [2.45, 2.75) is 6.92 Å². The molecule has 0 saturated carbocycles. The van der Waals surface area contributed by atoms with E-state index < -0.39 is 5.91 Å². The van der Waals surface area contributed by atoms with Crippen LogP contribution in [0, 0.1) is 6.92 Å². The van der Waals surface area contributed by atoms with Crippen molar-refractivity contribution in [3.63, 3.8) is 0 Å². The van der Waals surface area contributed by atoms with E-state index in [9.17, 15) is 15.0 Å². The van der Waals surface area contributed by atoms with Gasteiger partial charge in [0, 0.05) is 0 Å². The standard InChI is InChI=1S/C13H13N3O3/c1-7-5-11(15-6-8(7)14)16-13(19)12-9(17)3-2-4-10(12)18/h2-6,17-18H,14H2,1H3,(H,15,16,19). The minimum Gasteiger partial charge on any atom is -0.507 e. The number of nitrogens with one attached hydrogen (secondary N) is 1. The van der Waals surface area contributed by atoms with Gasteiger partial charge in [-0.1, -0.05) is 6.07 Å². The third-order valence-electron chi connectivity index (χ3n) is 2.64. The van der Waals surface area contributed by atoms with E-state index >= 15 is 0 Å². The molecule has 6 nitrogen and oxygen atoms in total. The van der Waals surface area contributed by atoms with E-state index in [1.165, 1.54) is 24.4 Å². The molecular formula is C13H13N3O3. The number of aromatic hydroxyl groups is 2. The molecule has 0 aliphatic heterocycles. The molecule has 1 amide bonds. The molecule has 1 heterocycles. The minimum absolute atomic E-state index is 0.196. The molecule has 0 saturated heterocycles. The maximum Gasteiger partial charge on any atom is 0.264 e. The highest BCUT2D eigenvalue weighted by molar-refractivity contribution is 6.07. The Bertz CT molecular complexity index is 621. The van der Waals surface area contributed by atoms with Crippen LogP contribution in [0.15, 0.2) is 30.5 Å². The van der Waals surface area contributed by atoms with Gasteiger partial charge in [0.15, 0.2) is 0 Å². The quantitative estimate of drug-likeness (QED) is 0.655. The van der Waals surface area contributed by atoms with Crippen molar-refractivity contribution < 1.29 is 15.0 Å². The molecule has 0 aliphatic carbocycles. The second kappa shape index (κ2) is 4.85. The molecule has 2 rings (SSSR count). The molecule has 0 aliphatic rings. The number of phenolic OH excluding ortho intramolecular Hbond substituents is 2. The zero-order valence-electron chi connectivity index (χ0n) is 10.2. The number of nitrogens with two attached hydrogens (primary N) is 1. The summed E-state index contributed by atoms with van der Waals surface area (Å²) in [5.74, 6) is -0.957. The number of hydrogen-bond donors (Lipinski definition) is 4. The Morgan fingerprint density at radius 1 is 1.32 bits per heavy atom. The van der Waals surface area contributed by atoms with Crippen LogP contribution in [0.5, 0.6) is 11.5 Å². The summed E-state index contributed by atoms with van der Waals surface area (Å²) in [5, 5.41) is 21.6. The van der Waals surface area contributed by atoms with E-state index in [-0.39, 0.29) is 17.1 Å². The highest BCUT2D eigenvalue weighted by atomic mass is 16.3. The highest BCUT2D eigenvalue weighted by Crippen LogP contribution is 2.27. The SMILES string of the molecule is Cc1cc(NC(=O)c2c(O)cccc2O)ncc1N. The summed E-state index contributed by atoms with van der Waals surface area (Å²) in [7, 11) is 0. The number of nitrogen functional groups attached to an aromatic ring is 1. The highest BCUT2D eigenvalue weighted by Gasteiger charge is 2.16. The van der Waals surface area contributed by atoms with Gasteiger partial charge in [-0.3, -0.25) is 4.79 Å². The number of nitrogens with zero attached hydrogens (tertiary/aromatic N) is 1. The molecule has 98 valence electrons. The van der Waals surface area contributed by atoms with Crippen LogP contribution in [0.4, 0.5) is 11.5 Å². The molecule has 19 heavy (non-hydrogen) atoms. The number of aryl methyl sites for hydroxylation is 1. The molecule has 2 aromatic rings. The lowest BCUT2D eigenvalue weighted by atomic mass is 10.1. The zero-order chi connectivity index (χ0) is 14.0. The Morgan fingerprint density at radius 3 is 2.53 bits per heavy atom. The average molecular weight is 259 g/mol. The van der Waals surface area contributed by atoms with Crippen molar-refractivity contribution in [3.8, 4) is 11.5 Å². The fourth-order valence-corrected chi connectivity index (χ4v) is 1.57. The van der Waals surface area contributed by atoms with Gasteiger partial charge in [0.2, 0.25) is 0 Å². The van der Waals surface area contributed by atoms with E-state index in [0.717, 1.165) is 5.56 Å². The fourth-order valence-electron chi connectivity index (χ4n) is 1.57. The monoisotopic (exact) mass is 259 g/mol. The van der Waals surface area contributed by atoms with Crippen LogP contribution >= 0.6 is 0 Å². The molecule has 0 unspecified atom stereocenters. The minimum atomic E-state index is -0.646. The molecule has 0 spiro atoms. The van der Waals surface area contributed by atoms with E-state index in [0.29, 0.717) is 11.5 Å². The van der Waals surface area contributed by atoms with Gasteiger partial charge in [0.25, 0.3) is 5.91 Å². The van der Waals surface area contributed by atoms with Gasteiger partial charge in [-0.15, -0.1) is 0 Å². The lowest BCUT2D eigenvalue weighted by Gasteiger charge is -2.09. The Morgan fingerprint density at radius 2 is 1.95 bits per heavy atom. The van der Waals surface area contributed by atoms with Crippen molar-refractivity contribution in [1.82, 2.24) is 4.98 Å². The second-order valence-electron chi connectivity index (χ2n) is 4.05. The first kappa shape index (κ1) is 12.7. The average Bonchev–Trinajstić information content (AvgIpc) is 2.33. The van der Waals surface area contributed by atoms with E-state index in [1.807, 2.05) is 0 Å². The maximum absolute atomic E-state index is 11.9. The topological polar surface area (TPSA) is 108 Å². The predicted molar refractivity (Wildman–Crippen MR) is 71.1 cm³/mol. The van der Waals surface area contributed by atoms with Crippen LogP contribution < -0.4 is 11.1 Å². The van der Waals surface area contributed by atoms with Gasteiger partial charge in [0.05, 0.1) is 11.9 Å². The van der Waals surface area contributed by atoms with Crippen LogP contribution in [0.1, 0.15) is 15.9 Å². The summed E-state index contributed by atoms with van der Waals surface area (Å²) in [6.07, 6.45) is 1.43. The van der Waals surface area contributed by atoms with Gasteiger partial charge in [0.1, 0.15) is 22.9 Å². The molecule has 0 radical (unpaired) electrons. The fraction of sp³-hybridized carbons (Fsp3) is 0.0769. The van der Waals surface area contributed by atoms with Crippen molar-refractivity contribution in [2.24, 2.45) is 0 Å². The number of amides is 1. The zero-order valence-corrected chi connectivity index (χ0v) is 10.2. The van der Waals surface area contributed by atoms with E-state index in [1.54, 1.807) is 13.0 Å². The molecule has 6 heteroatoms. The number of anilines is 2. The summed E-state index contributed by atoms with van der Waals surface area (Å²) in [4.78, 5) is 15.9. The Kier molecular flexibility index (Phi) is 3.24. The predicted octanol–water partition coefficient (Wildman–Crippen LogP) is 1.64. The first-order valence-corrected chi connectivity index (χ1v) is 5.53. The Labute approximate surface area is 109 Å². The van der Waals surface area contributed by atoms with Gasteiger partial charge >= 0.3 is 0 Å². The summed E-state index contributed by atoms with van der Waals surface area (Å²) in [6, 6.07) is 5.67. The lowest BCUT2D eigenvalue weighted by Crippen LogP contribution is -2.13. The van der Waals surface area contributed by atoms with E-state index in [2.05, 4.69) is 10.3 Å². The maximum atomic E-state index is 11.9. The number of carbonyl (C=O) groups is 1. The molecular weight excluding hydrogens is 246 g/mol. The van der Waals surface area contributed by atoms with Crippen LogP contribution in [0.2, 0.25) is 0 Å². The van der Waals surface area contributed by atoms with Crippen LogP contribution in [0.25, 0.3) is 0 Å². The number of carbonyl (C=O) groups excluding carboxylic acids is 1. The summed E-state index contributed by atoms with van der Waals surface area (Å²) in [6.45, 7) is 1.78. The Hall–Kier alpha value is -2.76. The number of hydrogen-bond acceptors (Lipinski definition) is 5. The largest absolute Gasteiger partial charge is 0.507 e. The van der Waals surface area contributed by atoms with Gasteiger partial charge in [-0.25, -0.2) is 4.98 Å². The molecule has 1 aromatic heterocycles. The normalized spacial score (nSPS) is 10.2. The van der Waals surface area contributed by atoms with Crippen molar-refractivity contribution >= 4 is 17.4 Å². The third kappa shape index (κ3) is 2.57. The van der Waals surface area contributed by atoms with Crippen molar-refractivity contribution in [1.29, 1.82) is 0 Å². The van der Waals surface area contributed by atoms with Gasteiger partial charge in [-0.05, 0) is 30.7 Å². The van der Waals surface area contributed by atoms with Crippen LogP contribution in [-0.4, -0.2) is 21.1 Å². The number of rotatable bonds is 2. The first-order valence-electron chi connectivity index (χ1n) is 5.53. The van der Waals surface area contributed by atoms with Crippen molar-refractivity contribution in [2.75, 3.05) is 11.1 Å². The van der Waals surface area contributed by atoms with E-state index in [4.69, 9.17) is 5.73 Å². The van der Waals surface area contributed by atoms with Gasteiger partial charge < -0.3 is 21.3 Å². The van der Waals surface area contributed by atoms with Crippen LogP contribution in [-0.2, 0) is 0 Å². The summed E-state index contributed by atoms with van der Waals surface area (Å²) in [5.41, 5.74) is 6.72. The summed E-state index contributed by atoms with van der Waals surface area (Å²) >= 11 is 0. The molecule has 1 aromatic carbocycles. The number of benzene rings is 1.